The molecule has 34 heavy (non-hydrogen) atoms. The van der Waals surface area contributed by atoms with Crippen LogP contribution in [0.4, 0.5) is 0 Å². The van der Waals surface area contributed by atoms with Crippen molar-refractivity contribution in [3.8, 4) is 0 Å². The maximum Gasteiger partial charge on any atom is 0.289 e. The van der Waals surface area contributed by atoms with E-state index < -0.39 is 0 Å². The van der Waals surface area contributed by atoms with Gasteiger partial charge in [-0.25, -0.2) is 0 Å². The number of nitrogens with zero attached hydrogens (tertiary/aromatic N) is 3. The van der Waals surface area contributed by atoms with Crippen LogP contribution < -0.4 is 4.80 Å². The summed E-state index contributed by atoms with van der Waals surface area (Å²) in [5, 5.41) is 0. The number of furan rings is 1. The number of carbonyl (C=O) groups is 2. The first-order valence-electron chi connectivity index (χ1n) is 11.2. The van der Waals surface area contributed by atoms with E-state index in [4.69, 9.17) is 9.15 Å². The minimum Gasteiger partial charge on any atom is -0.454 e. The highest BCUT2D eigenvalue weighted by molar-refractivity contribution is 7.16. The smallest absolute Gasteiger partial charge is 0.289 e. The minimum atomic E-state index is -0.292. The van der Waals surface area contributed by atoms with Crippen LogP contribution in [-0.4, -0.2) is 47.6 Å². The molecular formula is C26H25N3O4S. The van der Waals surface area contributed by atoms with Gasteiger partial charge in [-0.05, 0) is 55.8 Å². The van der Waals surface area contributed by atoms with Crippen molar-refractivity contribution in [2.75, 3.05) is 26.3 Å². The second kappa shape index (κ2) is 9.40. The Morgan fingerprint density at radius 1 is 0.971 bits per heavy atom. The fourth-order valence-electron chi connectivity index (χ4n) is 3.92. The molecule has 0 aliphatic carbocycles. The zero-order valence-electron chi connectivity index (χ0n) is 19.1. The fourth-order valence-corrected chi connectivity index (χ4v) is 5.05. The van der Waals surface area contributed by atoms with Crippen LogP contribution in [0.5, 0.6) is 0 Å². The quantitative estimate of drug-likeness (QED) is 0.444. The molecule has 0 saturated carbocycles. The first-order valence-corrected chi connectivity index (χ1v) is 12.0. The summed E-state index contributed by atoms with van der Waals surface area (Å²) in [5.74, 6) is 0.507. The van der Waals surface area contributed by atoms with Gasteiger partial charge in [0.2, 0.25) is 0 Å². The molecule has 1 fully saturated rings. The number of morpholine rings is 1. The summed E-state index contributed by atoms with van der Waals surface area (Å²) in [6, 6.07) is 17.1. The highest BCUT2D eigenvalue weighted by Crippen LogP contribution is 2.21. The Hall–Kier alpha value is -3.49. The van der Waals surface area contributed by atoms with Gasteiger partial charge in [0.25, 0.3) is 11.8 Å². The maximum absolute atomic E-state index is 12.9. The SMILES string of the molecule is Cc1ccc(C(=O)N=c2sc3cc(C)ccc3n2Cc2ccc(C(=O)N3CCOCC3)o2)cc1. The Bertz CT molecular complexity index is 1420. The van der Waals surface area contributed by atoms with E-state index in [2.05, 4.69) is 11.1 Å². The molecule has 0 atom stereocenters. The molecule has 0 radical (unpaired) electrons. The Balaban J connectivity index is 1.49. The first kappa shape index (κ1) is 22.3. The Morgan fingerprint density at radius 3 is 2.47 bits per heavy atom. The van der Waals surface area contributed by atoms with Gasteiger partial charge in [0.05, 0.1) is 30.0 Å². The molecule has 1 aliphatic rings. The molecule has 4 aromatic rings. The molecule has 0 bridgehead atoms. The molecule has 5 rings (SSSR count). The summed E-state index contributed by atoms with van der Waals surface area (Å²) in [4.78, 5) is 32.4. The van der Waals surface area contributed by atoms with Crippen molar-refractivity contribution in [2.24, 2.45) is 4.99 Å². The summed E-state index contributed by atoms with van der Waals surface area (Å²) in [7, 11) is 0. The van der Waals surface area contributed by atoms with Crippen molar-refractivity contribution in [3.05, 3.63) is 87.6 Å². The van der Waals surface area contributed by atoms with Gasteiger partial charge < -0.3 is 18.6 Å². The number of benzene rings is 2. The third kappa shape index (κ3) is 4.60. The average Bonchev–Trinajstić information content (AvgIpc) is 3.44. The van der Waals surface area contributed by atoms with Gasteiger partial charge in [0.1, 0.15) is 5.76 Å². The Morgan fingerprint density at radius 2 is 1.71 bits per heavy atom. The molecule has 1 saturated heterocycles. The number of aryl methyl sites for hydroxylation is 2. The predicted molar refractivity (Wildman–Crippen MR) is 130 cm³/mol. The summed E-state index contributed by atoms with van der Waals surface area (Å²) >= 11 is 1.46. The third-order valence-electron chi connectivity index (χ3n) is 5.82. The summed E-state index contributed by atoms with van der Waals surface area (Å²) < 4.78 is 14.3. The molecule has 2 amide bonds. The van der Waals surface area contributed by atoms with Gasteiger partial charge in [-0.3, -0.25) is 9.59 Å². The molecular weight excluding hydrogens is 450 g/mol. The molecule has 1 aliphatic heterocycles. The number of hydrogen-bond acceptors (Lipinski definition) is 5. The number of fused-ring (bicyclic) bond motifs is 1. The van der Waals surface area contributed by atoms with E-state index >= 15 is 0 Å². The largest absolute Gasteiger partial charge is 0.454 e. The summed E-state index contributed by atoms with van der Waals surface area (Å²) in [6.45, 7) is 6.57. The Kier molecular flexibility index (Phi) is 6.17. The van der Waals surface area contributed by atoms with Crippen LogP contribution in [-0.2, 0) is 11.3 Å². The van der Waals surface area contributed by atoms with Crippen LogP contribution in [0.15, 0.2) is 64.0 Å². The monoisotopic (exact) mass is 475 g/mol. The van der Waals surface area contributed by atoms with E-state index in [1.54, 1.807) is 23.1 Å². The first-order chi connectivity index (χ1) is 16.5. The lowest BCUT2D eigenvalue weighted by Crippen LogP contribution is -2.40. The molecule has 0 N–H and O–H groups in total. The average molecular weight is 476 g/mol. The molecule has 8 heteroatoms. The summed E-state index contributed by atoms with van der Waals surface area (Å²) in [6.07, 6.45) is 0. The molecule has 2 aromatic carbocycles. The number of ether oxygens (including phenoxy) is 1. The molecule has 7 nitrogen and oxygen atoms in total. The molecule has 2 aromatic heterocycles. The van der Waals surface area contributed by atoms with Gasteiger partial charge in [-0.15, -0.1) is 0 Å². The van der Waals surface area contributed by atoms with Crippen LogP contribution in [0.3, 0.4) is 0 Å². The van der Waals surface area contributed by atoms with Crippen molar-refractivity contribution < 1.29 is 18.7 Å². The van der Waals surface area contributed by atoms with E-state index in [1.807, 2.05) is 48.7 Å². The van der Waals surface area contributed by atoms with Crippen molar-refractivity contribution in [1.82, 2.24) is 9.47 Å². The highest BCUT2D eigenvalue weighted by Gasteiger charge is 2.22. The second-order valence-corrected chi connectivity index (χ2v) is 9.40. The second-order valence-electron chi connectivity index (χ2n) is 8.40. The van der Waals surface area contributed by atoms with E-state index in [0.717, 1.165) is 21.3 Å². The van der Waals surface area contributed by atoms with Crippen molar-refractivity contribution in [2.45, 2.75) is 20.4 Å². The lowest BCUT2D eigenvalue weighted by Gasteiger charge is -2.25. The number of thiazole rings is 1. The minimum absolute atomic E-state index is 0.134. The Labute approximate surface area is 200 Å². The molecule has 174 valence electrons. The lowest BCUT2D eigenvalue weighted by molar-refractivity contribution is 0.0281. The predicted octanol–water partition coefficient (Wildman–Crippen LogP) is 4.17. The molecule has 0 spiro atoms. The maximum atomic E-state index is 12.9. The van der Waals surface area contributed by atoms with Gasteiger partial charge in [-0.1, -0.05) is 35.1 Å². The number of carbonyl (C=O) groups excluding carboxylic acids is 2. The van der Waals surface area contributed by atoms with Crippen LogP contribution in [0, 0.1) is 13.8 Å². The summed E-state index contributed by atoms with van der Waals surface area (Å²) in [5.41, 5.74) is 3.73. The third-order valence-corrected chi connectivity index (χ3v) is 6.86. The standard InChI is InChI=1S/C26H25N3O4S/c1-17-3-6-19(7-4-17)24(30)27-26-29(21-9-5-18(2)15-23(21)34-26)16-20-8-10-22(33-20)25(31)28-11-13-32-14-12-28/h3-10,15H,11-14,16H2,1-2H3. The van der Waals surface area contributed by atoms with Gasteiger partial charge >= 0.3 is 0 Å². The van der Waals surface area contributed by atoms with E-state index in [9.17, 15) is 9.59 Å². The van der Waals surface area contributed by atoms with Crippen LogP contribution >= 0.6 is 11.3 Å². The van der Waals surface area contributed by atoms with Gasteiger partial charge in [0.15, 0.2) is 10.6 Å². The number of hydrogen-bond donors (Lipinski definition) is 0. The van der Waals surface area contributed by atoms with E-state index in [1.165, 1.54) is 11.3 Å². The van der Waals surface area contributed by atoms with E-state index in [-0.39, 0.29) is 11.8 Å². The zero-order chi connectivity index (χ0) is 23.7. The highest BCUT2D eigenvalue weighted by atomic mass is 32.1. The molecule has 0 unspecified atom stereocenters. The van der Waals surface area contributed by atoms with Crippen molar-refractivity contribution >= 4 is 33.4 Å². The van der Waals surface area contributed by atoms with Crippen LogP contribution in [0.2, 0.25) is 0 Å². The number of aromatic nitrogens is 1. The fraction of sp³-hybridized carbons (Fsp3) is 0.269. The van der Waals surface area contributed by atoms with Crippen molar-refractivity contribution in [3.63, 3.8) is 0 Å². The zero-order valence-corrected chi connectivity index (χ0v) is 19.9. The molecule has 3 heterocycles. The van der Waals surface area contributed by atoms with Crippen LogP contribution in [0.25, 0.3) is 10.2 Å². The topological polar surface area (TPSA) is 77.0 Å². The van der Waals surface area contributed by atoms with Gasteiger partial charge in [0, 0.05) is 18.7 Å². The van der Waals surface area contributed by atoms with Crippen molar-refractivity contribution in [1.29, 1.82) is 0 Å². The lowest BCUT2D eigenvalue weighted by atomic mass is 10.1. The van der Waals surface area contributed by atoms with Gasteiger partial charge in [-0.2, -0.15) is 4.99 Å². The normalized spacial score (nSPS) is 14.6. The number of amides is 2. The number of rotatable bonds is 4. The van der Waals surface area contributed by atoms with Crippen LogP contribution in [0.1, 0.15) is 37.8 Å². The van der Waals surface area contributed by atoms with E-state index in [0.29, 0.717) is 54.7 Å².